The molecule has 0 spiro atoms. The van der Waals surface area contributed by atoms with Crippen molar-refractivity contribution in [3.05, 3.63) is 30.6 Å². The average Bonchev–Trinajstić information content (AvgIpc) is 3.25. The van der Waals surface area contributed by atoms with Gasteiger partial charge in [-0.25, -0.2) is 15.0 Å². The van der Waals surface area contributed by atoms with Gasteiger partial charge in [0.15, 0.2) is 17.3 Å². The highest BCUT2D eigenvalue weighted by molar-refractivity contribution is 5.84. The molecule has 3 heterocycles. The number of fused-ring (bicyclic) bond motifs is 1. The van der Waals surface area contributed by atoms with Crippen LogP contribution in [0.4, 0.5) is 11.5 Å². The summed E-state index contributed by atoms with van der Waals surface area (Å²) < 4.78 is 0. The number of hydrogen-bond acceptors (Lipinski definition) is 7. The Morgan fingerprint density at radius 2 is 1.69 bits per heavy atom. The van der Waals surface area contributed by atoms with Crippen molar-refractivity contribution in [3.63, 3.8) is 0 Å². The van der Waals surface area contributed by atoms with Gasteiger partial charge in [-0.1, -0.05) is 0 Å². The number of piperazine rings is 1. The molecule has 0 amide bonds. The molecule has 0 atom stereocenters. The van der Waals surface area contributed by atoms with Gasteiger partial charge in [0.1, 0.15) is 5.52 Å². The molecule has 2 N–H and O–H groups in total. The molecule has 1 aliphatic rings. The van der Waals surface area contributed by atoms with Crippen molar-refractivity contribution in [1.82, 2.24) is 29.7 Å². The van der Waals surface area contributed by atoms with Crippen LogP contribution in [0.5, 0.6) is 0 Å². The third-order valence-corrected chi connectivity index (χ3v) is 6.27. The van der Waals surface area contributed by atoms with Crippen LogP contribution in [-0.2, 0) is 0 Å². The van der Waals surface area contributed by atoms with Gasteiger partial charge in [-0.05, 0) is 59.0 Å². The van der Waals surface area contributed by atoms with Crippen LogP contribution in [0.2, 0.25) is 0 Å². The van der Waals surface area contributed by atoms with E-state index < -0.39 is 0 Å². The maximum atomic E-state index is 4.85. The van der Waals surface area contributed by atoms with E-state index >= 15 is 0 Å². The van der Waals surface area contributed by atoms with Crippen LogP contribution in [0.25, 0.3) is 22.6 Å². The van der Waals surface area contributed by atoms with Gasteiger partial charge in [-0.3, -0.25) is 4.90 Å². The van der Waals surface area contributed by atoms with Crippen LogP contribution in [-0.4, -0.2) is 88.1 Å². The standard InChI is InChI=1S/C24H36N8/c1-17(2)32(18(3)4)11-10-25-23-21-24(27-16-26-21)29-22(28-23)19-6-8-20(9-7-19)31-14-12-30(5)13-15-31/h6-9,16-18H,10-15H2,1-5H3,(H2,25,26,27,28,29). The fourth-order valence-electron chi connectivity index (χ4n) is 4.39. The molecule has 8 heteroatoms. The minimum absolute atomic E-state index is 0.503. The van der Waals surface area contributed by atoms with Crippen LogP contribution in [0.3, 0.4) is 0 Å². The second-order valence-corrected chi connectivity index (χ2v) is 9.19. The first-order valence-electron chi connectivity index (χ1n) is 11.7. The monoisotopic (exact) mass is 436 g/mol. The first-order valence-corrected chi connectivity index (χ1v) is 11.7. The molecule has 0 aliphatic carbocycles. The number of nitrogens with zero attached hydrogens (tertiary/aromatic N) is 6. The van der Waals surface area contributed by atoms with E-state index in [1.165, 1.54) is 5.69 Å². The third-order valence-electron chi connectivity index (χ3n) is 6.27. The molecule has 1 aromatic carbocycles. The minimum atomic E-state index is 0.503. The molecule has 1 saturated heterocycles. The Morgan fingerprint density at radius 3 is 2.34 bits per heavy atom. The molecule has 0 saturated carbocycles. The smallest absolute Gasteiger partial charge is 0.183 e. The van der Waals surface area contributed by atoms with Gasteiger partial charge < -0.3 is 20.1 Å². The lowest BCUT2D eigenvalue weighted by atomic mass is 10.1. The fourth-order valence-corrected chi connectivity index (χ4v) is 4.39. The normalized spacial score (nSPS) is 15.4. The summed E-state index contributed by atoms with van der Waals surface area (Å²) in [4.78, 5) is 24.4. The summed E-state index contributed by atoms with van der Waals surface area (Å²) in [5, 5.41) is 3.51. The lowest BCUT2D eigenvalue weighted by Crippen LogP contribution is -2.44. The molecule has 1 fully saturated rings. The fraction of sp³-hybridized carbons (Fsp3) is 0.542. The average molecular weight is 437 g/mol. The number of nitrogens with one attached hydrogen (secondary N) is 2. The Labute approximate surface area is 191 Å². The van der Waals surface area contributed by atoms with Crippen molar-refractivity contribution in [2.45, 2.75) is 39.8 Å². The summed E-state index contributed by atoms with van der Waals surface area (Å²) in [6.45, 7) is 15.0. The number of hydrogen-bond donors (Lipinski definition) is 2. The molecule has 4 rings (SSSR count). The van der Waals surface area contributed by atoms with Gasteiger partial charge in [-0.2, -0.15) is 0 Å². The number of rotatable bonds is 8. The first-order chi connectivity index (χ1) is 15.4. The van der Waals surface area contributed by atoms with E-state index in [4.69, 9.17) is 9.97 Å². The van der Waals surface area contributed by atoms with Crippen LogP contribution < -0.4 is 10.2 Å². The largest absolute Gasteiger partial charge is 0.369 e. The predicted molar refractivity (Wildman–Crippen MR) is 132 cm³/mol. The summed E-state index contributed by atoms with van der Waals surface area (Å²) in [7, 11) is 2.18. The summed E-state index contributed by atoms with van der Waals surface area (Å²) in [6, 6.07) is 9.59. The van der Waals surface area contributed by atoms with Crippen molar-refractivity contribution >= 4 is 22.7 Å². The molecule has 0 bridgehead atoms. The summed E-state index contributed by atoms with van der Waals surface area (Å²) in [5.41, 5.74) is 3.79. The molecule has 32 heavy (non-hydrogen) atoms. The second-order valence-electron chi connectivity index (χ2n) is 9.19. The van der Waals surface area contributed by atoms with Crippen molar-refractivity contribution in [1.29, 1.82) is 0 Å². The zero-order valence-electron chi connectivity index (χ0n) is 20.0. The van der Waals surface area contributed by atoms with E-state index in [1.54, 1.807) is 6.33 Å². The van der Waals surface area contributed by atoms with Crippen LogP contribution >= 0.6 is 0 Å². The first kappa shape index (κ1) is 22.5. The number of likely N-dealkylation sites (N-methyl/N-ethyl adjacent to an activating group) is 1. The van der Waals surface area contributed by atoms with Crippen molar-refractivity contribution in [3.8, 4) is 11.4 Å². The molecule has 0 unspecified atom stereocenters. The summed E-state index contributed by atoms with van der Waals surface area (Å²) >= 11 is 0. The summed E-state index contributed by atoms with van der Waals surface area (Å²) in [5.74, 6) is 1.50. The molecule has 3 aromatic rings. The van der Waals surface area contributed by atoms with Gasteiger partial charge in [-0.15, -0.1) is 0 Å². The molecule has 0 radical (unpaired) electrons. The molecule has 8 nitrogen and oxygen atoms in total. The lowest BCUT2D eigenvalue weighted by Gasteiger charge is -2.34. The molecule has 1 aliphatic heterocycles. The van der Waals surface area contributed by atoms with E-state index in [0.717, 1.165) is 56.2 Å². The number of benzene rings is 1. The Bertz CT molecular complexity index is 995. The Balaban J connectivity index is 1.51. The predicted octanol–water partition coefficient (Wildman–Crippen LogP) is 3.30. The molecule has 172 valence electrons. The number of aromatic amines is 1. The van der Waals surface area contributed by atoms with Gasteiger partial charge in [0.25, 0.3) is 0 Å². The number of aromatic nitrogens is 4. The van der Waals surface area contributed by atoms with E-state index in [9.17, 15) is 0 Å². The topological polar surface area (TPSA) is 76.2 Å². The zero-order valence-corrected chi connectivity index (χ0v) is 20.0. The zero-order chi connectivity index (χ0) is 22.7. The Morgan fingerprint density at radius 1 is 1.00 bits per heavy atom. The Kier molecular flexibility index (Phi) is 6.91. The SMILES string of the molecule is CC(C)N(CCNc1nc(-c2ccc(N3CCN(C)CC3)cc2)nc2nc[nH]c12)C(C)C. The van der Waals surface area contributed by atoms with Crippen molar-refractivity contribution < 1.29 is 0 Å². The van der Waals surface area contributed by atoms with E-state index in [-0.39, 0.29) is 0 Å². The molecular formula is C24H36N8. The van der Waals surface area contributed by atoms with E-state index in [1.807, 2.05) is 0 Å². The van der Waals surface area contributed by atoms with Crippen LogP contribution in [0.15, 0.2) is 30.6 Å². The minimum Gasteiger partial charge on any atom is -0.369 e. The van der Waals surface area contributed by atoms with Crippen molar-refractivity contribution in [2.75, 3.05) is 56.5 Å². The summed E-state index contributed by atoms with van der Waals surface area (Å²) in [6.07, 6.45) is 1.68. The molecular weight excluding hydrogens is 400 g/mol. The van der Waals surface area contributed by atoms with Crippen molar-refractivity contribution in [2.24, 2.45) is 0 Å². The van der Waals surface area contributed by atoms with Gasteiger partial charge in [0.05, 0.1) is 6.33 Å². The number of imidazole rings is 1. The second kappa shape index (κ2) is 9.83. The van der Waals surface area contributed by atoms with Crippen LogP contribution in [0.1, 0.15) is 27.7 Å². The highest BCUT2D eigenvalue weighted by atomic mass is 15.2. The maximum absolute atomic E-state index is 4.85. The van der Waals surface area contributed by atoms with E-state index in [2.05, 4.69) is 89.0 Å². The lowest BCUT2D eigenvalue weighted by molar-refractivity contribution is 0.182. The number of anilines is 2. The van der Waals surface area contributed by atoms with Gasteiger partial charge in [0.2, 0.25) is 0 Å². The highest BCUT2D eigenvalue weighted by Crippen LogP contribution is 2.25. The van der Waals surface area contributed by atoms with Crippen LogP contribution in [0, 0.1) is 0 Å². The van der Waals surface area contributed by atoms with Gasteiger partial charge in [0, 0.05) is 62.6 Å². The number of H-pyrrole nitrogens is 1. The van der Waals surface area contributed by atoms with Gasteiger partial charge >= 0.3 is 0 Å². The highest BCUT2D eigenvalue weighted by Gasteiger charge is 2.16. The Hall–Kier alpha value is -2.71. The van der Waals surface area contributed by atoms with E-state index in [0.29, 0.717) is 23.6 Å². The quantitative estimate of drug-likeness (QED) is 0.561. The maximum Gasteiger partial charge on any atom is 0.183 e. The third kappa shape index (κ3) is 5.02. The molecule has 2 aromatic heterocycles.